The molecule has 0 aliphatic carbocycles. The van der Waals surface area contributed by atoms with Crippen LogP contribution in [0.4, 0.5) is 0 Å². The van der Waals surface area contributed by atoms with Crippen molar-refractivity contribution < 1.29 is 23.8 Å². The molecule has 1 aromatic carbocycles. The lowest BCUT2D eigenvalue weighted by Crippen LogP contribution is -2.10. The van der Waals surface area contributed by atoms with Crippen LogP contribution < -0.4 is 4.74 Å². The minimum atomic E-state index is -0.568. The second kappa shape index (κ2) is 7.37. The van der Waals surface area contributed by atoms with Crippen molar-refractivity contribution in [3.05, 3.63) is 58.7 Å². The van der Waals surface area contributed by atoms with E-state index in [0.29, 0.717) is 11.0 Å². The standard InChI is InChI=1S/C24H23NO5/c1-6-15-17-8-7-9-18-20(23(26)29-4)21(24(27)30-5)22(25(17)18)19(15)16-11-10-14(28-3)12-13(16)2/h7-12H,6H2,1-5H3. The number of nitrogens with zero attached hydrogens (tertiary/aromatic N) is 1. The molecule has 0 aliphatic heterocycles. The van der Waals surface area contributed by atoms with Crippen molar-refractivity contribution in [1.82, 2.24) is 4.40 Å². The summed E-state index contributed by atoms with van der Waals surface area (Å²) < 4.78 is 17.4. The van der Waals surface area contributed by atoms with Gasteiger partial charge in [0.05, 0.1) is 37.9 Å². The molecule has 0 aliphatic rings. The van der Waals surface area contributed by atoms with Gasteiger partial charge < -0.3 is 18.6 Å². The van der Waals surface area contributed by atoms with Gasteiger partial charge in [-0.1, -0.05) is 19.1 Å². The van der Waals surface area contributed by atoms with Crippen molar-refractivity contribution in [2.75, 3.05) is 21.3 Å². The molecule has 0 saturated carbocycles. The van der Waals surface area contributed by atoms with Gasteiger partial charge in [0.25, 0.3) is 0 Å². The van der Waals surface area contributed by atoms with Gasteiger partial charge in [0.2, 0.25) is 0 Å². The van der Waals surface area contributed by atoms with E-state index in [2.05, 4.69) is 6.92 Å². The number of ether oxygens (including phenoxy) is 3. The molecule has 6 heteroatoms. The molecule has 154 valence electrons. The van der Waals surface area contributed by atoms with E-state index in [1.54, 1.807) is 7.11 Å². The molecule has 0 bridgehead atoms. The van der Waals surface area contributed by atoms with Crippen LogP contribution in [0.15, 0.2) is 36.4 Å². The van der Waals surface area contributed by atoms with Gasteiger partial charge in [-0.05, 0) is 54.3 Å². The van der Waals surface area contributed by atoms with Crippen LogP contribution in [-0.4, -0.2) is 37.7 Å². The molecule has 0 saturated heterocycles. The second-order valence-corrected chi connectivity index (χ2v) is 7.10. The predicted molar refractivity (Wildman–Crippen MR) is 115 cm³/mol. The Hall–Kier alpha value is -3.54. The highest BCUT2D eigenvalue weighted by atomic mass is 16.5. The third-order valence-electron chi connectivity index (χ3n) is 5.64. The van der Waals surface area contributed by atoms with Gasteiger partial charge in [0.1, 0.15) is 16.9 Å². The highest BCUT2D eigenvalue weighted by Gasteiger charge is 2.33. The van der Waals surface area contributed by atoms with Gasteiger partial charge in [-0.25, -0.2) is 9.59 Å². The van der Waals surface area contributed by atoms with Gasteiger partial charge in [0, 0.05) is 5.56 Å². The lowest BCUT2D eigenvalue weighted by atomic mass is 9.94. The number of carbonyl (C=O) groups excluding carboxylic acids is 2. The van der Waals surface area contributed by atoms with Crippen molar-refractivity contribution >= 4 is 28.5 Å². The molecule has 6 nitrogen and oxygen atoms in total. The zero-order valence-corrected chi connectivity index (χ0v) is 17.7. The number of aryl methyl sites for hydroxylation is 2. The lowest BCUT2D eigenvalue weighted by molar-refractivity contribution is 0.0559. The lowest BCUT2D eigenvalue weighted by Gasteiger charge is -2.11. The fourth-order valence-electron chi connectivity index (χ4n) is 4.35. The monoisotopic (exact) mass is 405 g/mol. The SMILES string of the molecule is CCc1c(-c2ccc(OC)cc2C)c2c(C(=O)OC)c(C(=O)OC)c3cccc1n32. The first-order valence-electron chi connectivity index (χ1n) is 9.71. The topological polar surface area (TPSA) is 66.2 Å². The second-order valence-electron chi connectivity index (χ2n) is 7.10. The van der Waals surface area contributed by atoms with Crippen LogP contribution in [0, 0.1) is 6.92 Å². The smallest absolute Gasteiger partial charge is 0.340 e. The molecule has 0 unspecified atom stereocenters. The predicted octanol–water partition coefficient (Wildman–Crippen LogP) is 4.65. The number of benzene rings is 1. The van der Waals surface area contributed by atoms with E-state index in [0.717, 1.165) is 39.9 Å². The van der Waals surface area contributed by atoms with E-state index in [1.165, 1.54) is 14.2 Å². The molecule has 0 spiro atoms. The van der Waals surface area contributed by atoms with Gasteiger partial charge >= 0.3 is 11.9 Å². The molecule has 0 fully saturated rings. The third kappa shape index (κ3) is 2.64. The van der Waals surface area contributed by atoms with Crippen LogP contribution in [-0.2, 0) is 15.9 Å². The van der Waals surface area contributed by atoms with E-state index < -0.39 is 11.9 Å². The van der Waals surface area contributed by atoms with Gasteiger partial charge in [-0.3, -0.25) is 0 Å². The van der Waals surface area contributed by atoms with Gasteiger partial charge in [-0.2, -0.15) is 0 Å². The molecule has 0 atom stereocenters. The minimum Gasteiger partial charge on any atom is -0.497 e. The fraction of sp³-hybridized carbons (Fsp3) is 0.250. The van der Waals surface area contributed by atoms with Crippen LogP contribution >= 0.6 is 0 Å². The van der Waals surface area contributed by atoms with Crippen molar-refractivity contribution in [3.63, 3.8) is 0 Å². The van der Waals surface area contributed by atoms with E-state index in [9.17, 15) is 9.59 Å². The Morgan fingerprint density at radius 3 is 2.20 bits per heavy atom. The minimum absolute atomic E-state index is 0.222. The molecular weight excluding hydrogens is 382 g/mol. The maximum absolute atomic E-state index is 12.9. The summed E-state index contributed by atoms with van der Waals surface area (Å²) in [5, 5.41) is 0. The molecule has 0 N–H and O–H groups in total. The zero-order valence-electron chi connectivity index (χ0n) is 17.7. The molecule has 4 rings (SSSR count). The number of hydrogen-bond donors (Lipinski definition) is 0. The molecule has 0 amide bonds. The first-order valence-corrected chi connectivity index (χ1v) is 9.71. The first kappa shape index (κ1) is 19.8. The zero-order chi connectivity index (χ0) is 21.6. The summed E-state index contributed by atoms with van der Waals surface area (Å²) in [4.78, 5) is 25.6. The van der Waals surface area contributed by atoms with Crippen LogP contribution in [0.3, 0.4) is 0 Å². The molecule has 4 aromatic rings. The maximum Gasteiger partial charge on any atom is 0.340 e. The third-order valence-corrected chi connectivity index (χ3v) is 5.64. The fourth-order valence-corrected chi connectivity index (χ4v) is 4.35. The first-order chi connectivity index (χ1) is 14.5. The highest BCUT2D eigenvalue weighted by Crippen LogP contribution is 2.43. The normalized spacial score (nSPS) is 11.2. The van der Waals surface area contributed by atoms with Crippen molar-refractivity contribution in [2.24, 2.45) is 0 Å². The molecule has 30 heavy (non-hydrogen) atoms. The molecule has 3 heterocycles. The van der Waals surface area contributed by atoms with Crippen LogP contribution in [0.5, 0.6) is 5.75 Å². The number of methoxy groups -OCH3 is 3. The largest absolute Gasteiger partial charge is 0.497 e. The average Bonchev–Trinajstić information content (AvgIpc) is 3.28. The summed E-state index contributed by atoms with van der Waals surface area (Å²) in [6, 6.07) is 11.6. The summed E-state index contributed by atoms with van der Waals surface area (Å²) in [6.45, 7) is 4.09. The number of aromatic nitrogens is 1. The summed E-state index contributed by atoms with van der Waals surface area (Å²) in [5.74, 6) is -0.378. The number of pyridine rings is 1. The quantitative estimate of drug-likeness (QED) is 0.452. The van der Waals surface area contributed by atoms with Gasteiger partial charge in [-0.15, -0.1) is 0 Å². The number of esters is 2. The van der Waals surface area contributed by atoms with Crippen LogP contribution in [0.25, 0.3) is 27.7 Å². The Morgan fingerprint density at radius 1 is 0.933 bits per heavy atom. The van der Waals surface area contributed by atoms with Crippen LogP contribution in [0.2, 0.25) is 0 Å². The Morgan fingerprint density at radius 2 is 1.60 bits per heavy atom. The number of rotatable bonds is 5. The Labute approximate surface area is 174 Å². The number of carbonyl (C=O) groups is 2. The highest BCUT2D eigenvalue weighted by molar-refractivity contribution is 6.18. The molecular formula is C24H23NO5. The number of hydrogen-bond acceptors (Lipinski definition) is 5. The van der Waals surface area contributed by atoms with E-state index in [1.807, 2.05) is 47.7 Å². The van der Waals surface area contributed by atoms with Crippen molar-refractivity contribution in [1.29, 1.82) is 0 Å². The van der Waals surface area contributed by atoms with E-state index in [-0.39, 0.29) is 11.1 Å². The maximum atomic E-state index is 12.9. The molecule has 0 radical (unpaired) electrons. The van der Waals surface area contributed by atoms with Crippen LogP contribution in [0.1, 0.15) is 38.8 Å². The molecule has 3 aromatic heterocycles. The van der Waals surface area contributed by atoms with Gasteiger partial charge in [0.15, 0.2) is 0 Å². The summed E-state index contributed by atoms with van der Waals surface area (Å²) in [7, 11) is 4.26. The summed E-state index contributed by atoms with van der Waals surface area (Å²) in [5.41, 5.74) is 6.70. The Balaban J connectivity index is 2.24. The summed E-state index contributed by atoms with van der Waals surface area (Å²) in [6.07, 6.45) is 0.760. The van der Waals surface area contributed by atoms with E-state index in [4.69, 9.17) is 14.2 Å². The van der Waals surface area contributed by atoms with Crippen molar-refractivity contribution in [2.45, 2.75) is 20.3 Å². The van der Waals surface area contributed by atoms with E-state index >= 15 is 0 Å². The van der Waals surface area contributed by atoms with Crippen molar-refractivity contribution in [3.8, 4) is 16.9 Å². The Bertz CT molecular complexity index is 1280. The summed E-state index contributed by atoms with van der Waals surface area (Å²) >= 11 is 0. The Kier molecular flexibility index (Phi) is 4.86. The average molecular weight is 405 g/mol.